The molecule has 19 heavy (non-hydrogen) atoms. The predicted molar refractivity (Wildman–Crippen MR) is 84.9 cm³/mol. The first-order chi connectivity index (χ1) is 8.82. The van der Waals surface area contributed by atoms with Gasteiger partial charge in [-0.2, -0.15) is 0 Å². The van der Waals surface area contributed by atoms with Crippen molar-refractivity contribution < 1.29 is 0 Å². The van der Waals surface area contributed by atoms with Gasteiger partial charge in [0.25, 0.3) is 0 Å². The van der Waals surface area contributed by atoms with Gasteiger partial charge >= 0.3 is 0 Å². The van der Waals surface area contributed by atoms with Gasteiger partial charge in [-0.05, 0) is 50.6 Å². The topological polar surface area (TPSA) is 29.3 Å². The third kappa shape index (κ3) is 4.96. The average molecular weight is 303 g/mol. The maximum atomic E-state index is 6.25. The maximum absolute atomic E-state index is 6.25. The first-order valence-electron chi connectivity index (χ1n) is 6.73. The van der Waals surface area contributed by atoms with E-state index in [0.29, 0.717) is 10.9 Å². The summed E-state index contributed by atoms with van der Waals surface area (Å²) < 4.78 is 0. The van der Waals surface area contributed by atoms with Crippen LogP contribution in [0.25, 0.3) is 0 Å². The Morgan fingerprint density at radius 2 is 1.84 bits per heavy atom. The summed E-state index contributed by atoms with van der Waals surface area (Å²) in [7, 11) is 2.10. The fourth-order valence-corrected chi connectivity index (χ4v) is 2.52. The minimum atomic E-state index is 0.246. The lowest BCUT2D eigenvalue weighted by atomic mass is 10.0. The minimum Gasteiger partial charge on any atom is -0.327 e. The molecular formula is C15H24Cl2N2. The molecule has 2 unspecified atom stereocenters. The van der Waals surface area contributed by atoms with E-state index in [2.05, 4.69) is 32.7 Å². The number of nitrogens with zero attached hydrogens (tertiary/aromatic N) is 1. The van der Waals surface area contributed by atoms with Gasteiger partial charge in [0.2, 0.25) is 0 Å². The molecule has 0 saturated heterocycles. The van der Waals surface area contributed by atoms with Crippen LogP contribution in [0.1, 0.15) is 38.8 Å². The molecule has 0 fully saturated rings. The van der Waals surface area contributed by atoms with Crippen molar-refractivity contribution in [2.45, 2.75) is 39.3 Å². The van der Waals surface area contributed by atoms with Crippen LogP contribution in [-0.4, -0.2) is 24.5 Å². The fraction of sp³-hybridized carbons (Fsp3) is 0.600. The maximum Gasteiger partial charge on any atom is 0.0468 e. The van der Waals surface area contributed by atoms with Crippen LogP contribution in [0.4, 0.5) is 0 Å². The largest absolute Gasteiger partial charge is 0.327 e. The zero-order valence-corrected chi connectivity index (χ0v) is 13.7. The molecule has 0 saturated carbocycles. The van der Waals surface area contributed by atoms with Crippen LogP contribution in [0.2, 0.25) is 10.0 Å². The van der Waals surface area contributed by atoms with Crippen LogP contribution >= 0.6 is 23.2 Å². The van der Waals surface area contributed by atoms with Crippen LogP contribution in [0, 0.1) is 5.92 Å². The number of nitrogens with two attached hydrogens (primary N) is 1. The summed E-state index contributed by atoms with van der Waals surface area (Å²) in [6, 6.07) is 6.17. The van der Waals surface area contributed by atoms with Gasteiger partial charge in [-0.3, -0.25) is 4.90 Å². The molecule has 1 rings (SSSR count). The molecule has 108 valence electrons. The van der Waals surface area contributed by atoms with Crippen molar-refractivity contribution >= 4 is 23.2 Å². The van der Waals surface area contributed by atoms with E-state index in [0.717, 1.165) is 23.6 Å². The number of benzene rings is 1. The molecule has 0 amide bonds. The smallest absolute Gasteiger partial charge is 0.0468 e. The van der Waals surface area contributed by atoms with Crippen molar-refractivity contribution in [3.63, 3.8) is 0 Å². The fourth-order valence-electron chi connectivity index (χ4n) is 1.96. The second-order valence-electron chi connectivity index (χ2n) is 5.52. The van der Waals surface area contributed by atoms with Crippen molar-refractivity contribution in [2.24, 2.45) is 11.7 Å². The first-order valence-corrected chi connectivity index (χ1v) is 7.49. The molecule has 0 aromatic heterocycles. The minimum absolute atomic E-state index is 0.246. The molecule has 0 heterocycles. The Kier molecular flexibility index (Phi) is 6.61. The number of hydrogen-bond acceptors (Lipinski definition) is 2. The molecule has 0 aliphatic carbocycles. The summed E-state index contributed by atoms with van der Waals surface area (Å²) >= 11 is 12.2. The van der Waals surface area contributed by atoms with E-state index in [4.69, 9.17) is 28.9 Å². The predicted octanol–water partition coefficient (Wildman–Crippen LogP) is 4.36. The Labute approximate surface area is 126 Å². The second kappa shape index (κ2) is 7.49. The van der Waals surface area contributed by atoms with Gasteiger partial charge in [0.05, 0.1) is 0 Å². The number of rotatable bonds is 6. The highest BCUT2D eigenvalue weighted by Crippen LogP contribution is 2.29. The van der Waals surface area contributed by atoms with E-state index in [1.54, 1.807) is 6.07 Å². The molecule has 1 aromatic carbocycles. The Balaban J connectivity index is 2.63. The van der Waals surface area contributed by atoms with E-state index in [1.807, 2.05) is 12.1 Å². The summed E-state index contributed by atoms with van der Waals surface area (Å²) in [5.74, 6) is 0.517. The first kappa shape index (κ1) is 16.8. The lowest BCUT2D eigenvalue weighted by molar-refractivity contribution is 0.243. The van der Waals surface area contributed by atoms with Crippen molar-refractivity contribution in [1.82, 2.24) is 4.90 Å². The molecule has 0 aliphatic rings. The molecule has 1 aromatic rings. The number of hydrogen-bond donors (Lipinski definition) is 1. The van der Waals surface area contributed by atoms with Gasteiger partial charge in [0.1, 0.15) is 0 Å². The zero-order chi connectivity index (χ0) is 14.6. The van der Waals surface area contributed by atoms with Crippen LogP contribution in [-0.2, 0) is 0 Å². The van der Waals surface area contributed by atoms with Crippen molar-refractivity contribution in [2.75, 3.05) is 13.6 Å². The summed E-state index contributed by atoms with van der Waals surface area (Å²) in [4.78, 5) is 2.28. The summed E-state index contributed by atoms with van der Waals surface area (Å²) in [5, 5.41) is 1.39. The Bertz CT molecular complexity index is 407. The molecule has 0 radical (unpaired) electrons. The van der Waals surface area contributed by atoms with Crippen LogP contribution in [0.3, 0.4) is 0 Å². The van der Waals surface area contributed by atoms with Crippen LogP contribution < -0.4 is 5.73 Å². The zero-order valence-electron chi connectivity index (χ0n) is 12.2. The molecule has 0 spiro atoms. The van der Waals surface area contributed by atoms with Gasteiger partial charge in [0.15, 0.2) is 0 Å². The van der Waals surface area contributed by atoms with E-state index in [1.165, 1.54) is 0 Å². The molecule has 0 aliphatic heterocycles. The molecule has 2 atom stereocenters. The molecule has 0 bridgehead atoms. The van der Waals surface area contributed by atoms with Crippen molar-refractivity contribution in [3.05, 3.63) is 33.8 Å². The van der Waals surface area contributed by atoms with E-state index < -0.39 is 0 Å². The Morgan fingerprint density at radius 3 is 2.37 bits per heavy atom. The van der Waals surface area contributed by atoms with Crippen LogP contribution in [0.15, 0.2) is 18.2 Å². The van der Waals surface area contributed by atoms with Crippen molar-refractivity contribution in [3.8, 4) is 0 Å². The van der Waals surface area contributed by atoms with Gasteiger partial charge in [-0.1, -0.05) is 43.1 Å². The highest BCUT2D eigenvalue weighted by molar-refractivity contribution is 6.35. The highest BCUT2D eigenvalue weighted by atomic mass is 35.5. The third-order valence-electron chi connectivity index (χ3n) is 3.75. The molecule has 2 N–H and O–H groups in total. The van der Waals surface area contributed by atoms with Crippen molar-refractivity contribution in [1.29, 1.82) is 0 Å². The second-order valence-corrected chi connectivity index (χ2v) is 6.36. The van der Waals surface area contributed by atoms with Crippen LogP contribution in [0.5, 0.6) is 0 Å². The summed E-state index contributed by atoms with van der Waals surface area (Å²) in [5.41, 5.74) is 7.19. The summed E-state index contributed by atoms with van der Waals surface area (Å²) in [6.45, 7) is 7.42. The molecular weight excluding hydrogens is 279 g/mol. The van der Waals surface area contributed by atoms with E-state index in [-0.39, 0.29) is 12.1 Å². The lowest BCUT2D eigenvalue weighted by Crippen LogP contribution is -2.33. The number of halogens is 2. The molecule has 2 nitrogen and oxygen atoms in total. The van der Waals surface area contributed by atoms with E-state index in [9.17, 15) is 0 Å². The normalized spacial score (nSPS) is 15.0. The average Bonchev–Trinajstić information content (AvgIpc) is 2.34. The standard InChI is InChI=1S/C15H24Cl2N2/c1-10(2)15(18)7-8-19(4)11(3)13-6-5-12(16)9-14(13)17/h5-6,9-11,15H,7-8,18H2,1-4H3. The van der Waals surface area contributed by atoms with Gasteiger partial charge in [-0.15, -0.1) is 0 Å². The highest BCUT2D eigenvalue weighted by Gasteiger charge is 2.16. The quantitative estimate of drug-likeness (QED) is 0.846. The third-order valence-corrected chi connectivity index (χ3v) is 4.31. The lowest BCUT2D eigenvalue weighted by Gasteiger charge is -2.27. The molecule has 4 heteroatoms. The van der Waals surface area contributed by atoms with Gasteiger partial charge in [0, 0.05) is 22.1 Å². The Morgan fingerprint density at radius 1 is 1.21 bits per heavy atom. The monoisotopic (exact) mass is 302 g/mol. The van der Waals surface area contributed by atoms with Gasteiger partial charge < -0.3 is 5.73 Å². The SMILES string of the molecule is CC(C)C(N)CCN(C)C(C)c1ccc(Cl)cc1Cl. The summed E-state index contributed by atoms with van der Waals surface area (Å²) in [6.07, 6.45) is 0.990. The van der Waals surface area contributed by atoms with Gasteiger partial charge in [-0.25, -0.2) is 0 Å². The van der Waals surface area contributed by atoms with E-state index >= 15 is 0 Å². The Hall–Kier alpha value is -0.280.